The fraction of sp³-hybridized carbons (Fsp3) is 0.105. The summed E-state index contributed by atoms with van der Waals surface area (Å²) < 4.78 is 11.4. The first-order valence-corrected chi connectivity index (χ1v) is 9.24. The predicted molar refractivity (Wildman–Crippen MR) is 105 cm³/mol. The summed E-state index contributed by atoms with van der Waals surface area (Å²) in [7, 11) is 1.57. The zero-order chi connectivity index (χ0) is 18.8. The minimum atomic E-state index is -0.294. The molecule has 6 nitrogen and oxygen atoms in total. The second kappa shape index (κ2) is 7.38. The van der Waals surface area contributed by atoms with Crippen LogP contribution in [0.3, 0.4) is 0 Å². The third kappa shape index (κ3) is 3.39. The molecule has 0 saturated heterocycles. The standard InChI is InChI=1S/C19H14ClN3O3S/c1-25-14-7-6-13(20)17-16(14)22-19(27-17)23(11-12-4-2-8-21-10-12)18(24)15-5-3-9-26-15/h2-10H,11H2,1H3. The smallest absolute Gasteiger partial charge is 0.296 e. The van der Waals surface area contributed by atoms with Gasteiger partial charge >= 0.3 is 0 Å². The second-order valence-corrected chi connectivity index (χ2v) is 7.04. The Labute approximate surface area is 164 Å². The Balaban J connectivity index is 1.81. The van der Waals surface area contributed by atoms with E-state index in [0.717, 1.165) is 10.3 Å². The van der Waals surface area contributed by atoms with E-state index in [1.807, 2.05) is 12.1 Å². The highest BCUT2D eigenvalue weighted by molar-refractivity contribution is 7.23. The first-order chi connectivity index (χ1) is 13.2. The highest BCUT2D eigenvalue weighted by Crippen LogP contribution is 2.39. The number of carbonyl (C=O) groups excluding carboxylic acids is 1. The van der Waals surface area contributed by atoms with E-state index in [1.165, 1.54) is 17.6 Å². The molecule has 1 amide bonds. The topological polar surface area (TPSA) is 68.5 Å². The normalized spacial score (nSPS) is 10.9. The Bertz CT molecular complexity index is 1080. The van der Waals surface area contributed by atoms with Crippen molar-refractivity contribution in [2.24, 2.45) is 0 Å². The highest BCUT2D eigenvalue weighted by atomic mass is 35.5. The number of hydrogen-bond donors (Lipinski definition) is 0. The van der Waals surface area contributed by atoms with Crippen LogP contribution in [0.1, 0.15) is 16.1 Å². The maximum atomic E-state index is 13.0. The summed E-state index contributed by atoms with van der Waals surface area (Å²) in [5, 5.41) is 1.06. The van der Waals surface area contributed by atoms with E-state index >= 15 is 0 Å². The van der Waals surface area contributed by atoms with E-state index in [4.69, 9.17) is 20.8 Å². The lowest BCUT2D eigenvalue weighted by Gasteiger charge is -2.18. The van der Waals surface area contributed by atoms with Crippen LogP contribution in [0, 0.1) is 0 Å². The molecule has 0 aliphatic carbocycles. The van der Waals surface area contributed by atoms with Gasteiger partial charge in [0.1, 0.15) is 11.3 Å². The summed E-state index contributed by atoms with van der Waals surface area (Å²) in [5.74, 6) is 0.540. The van der Waals surface area contributed by atoms with Crippen molar-refractivity contribution in [3.63, 3.8) is 0 Å². The number of amides is 1. The number of halogens is 1. The molecule has 27 heavy (non-hydrogen) atoms. The van der Waals surface area contributed by atoms with Gasteiger partial charge in [-0.3, -0.25) is 14.7 Å². The summed E-state index contributed by atoms with van der Waals surface area (Å²) in [6.07, 6.45) is 4.86. The molecule has 0 saturated carbocycles. The zero-order valence-electron chi connectivity index (χ0n) is 14.3. The number of rotatable bonds is 5. The van der Waals surface area contributed by atoms with Crippen molar-refractivity contribution in [2.75, 3.05) is 12.0 Å². The van der Waals surface area contributed by atoms with Crippen molar-refractivity contribution < 1.29 is 13.9 Å². The Morgan fingerprint density at radius 2 is 2.19 bits per heavy atom. The number of thiazole rings is 1. The average Bonchev–Trinajstić information content (AvgIpc) is 3.37. The van der Waals surface area contributed by atoms with Crippen LogP contribution in [0.15, 0.2) is 59.5 Å². The fourth-order valence-electron chi connectivity index (χ4n) is 2.66. The number of benzene rings is 1. The molecular formula is C19H14ClN3O3S. The molecule has 0 spiro atoms. The molecule has 136 valence electrons. The van der Waals surface area contributed by atoms with Crippen LogP contribution in [0.5, 0.6) is 5.75 Å². The summed E-state index contributed by atoms with van der Waals surface area (Å²) >= 11 is 7.65. The lowest BCUT2D eigenvalue weighted by atomic mass is 10.2. The number of furan rings is 1. The lowest BCUT2D eigenvalue weighted by Crippen LogP contribution is -2.30. The molecule has 4 rings (SSSR count). The van der Waals surface area contributed by atoms with Crippen molar-refractivity contribution in [2.45, 2.75) is 6.54 Å². The van der Waals surface area contributed by atoms with Crippen LogP contribution in [0.25, 0.3) is 10.2 Å². The molecule has 0 atom stereocenters. The molecule has 1 aromatic carbocycles. The Morgan fingerprint density at radius 3 is 2.89 bits per heavy atom. The van der Waals surface area contributed by atoms with Gasteiger partial charge in [0.25, 0.3) is 5.91 Å². The second-order valence-electron chi connectivity index (χ2n) is 5.65. The van der Waals surface area contributed by atoms with E-state index in [2.05, 4.69) is 9.97 Å². The number of hydrogen-bond acceptors (Lipinski definition) is 6. The minimum Gasteiger partial charge on any atom is -0.494 e. The van der Waals surface area contributed by atoms with E-state index in [0.29, 0.717) is 28.0 Å². The number of pyridine rings is 1. The van der Waals surface area contributed by atoms with E-state index in [1.54, 1.807) is 48.7 Å². The van der Waals surface area contributed by atoms with Crippen molar-refractivity contribution in [3.05, 3.63) is 71.4 Å². The summed E-state index contributed by atoms with van der Waals surface area (Å²) in [5.41, 5.74) is 1.49. The van der Waals surface area contributed by atoms with Crippen molar-refractivity contribution >= 4 is 44.2 Å². The summed E-state index contributed by atoms with van der Waals surface area (Å²) in [4.78, 5) is 23.3. The first kappa shape index (κ1) is 17.5. The van der Waals surface area contributed by atoms with Crippen LogP contribution >= 0.6 is 22.9 Å². The van der Waals surface area contributed by atoms with Crippen molar-refractivity contribution in [1.82, 2.24) is 9.97 Å². The highest BCUT2D eigenvalue weighted by Gasteiger charge is 2.25. The van der Waals surface area contributed by atoms with Gasteiger partial charge in [0.2, 0.25) is 0 Å². The Kier molecular flexibility index (Phi) is 4.79. The number of carbonyl (C=O) groups is 1. The fourth-order valence-corrected chi connectivity index (χ4v) is 3.91. The maximum Gasteiger partial charge on any atom is 0.296 e. The number of methoxy groups -OCH3 is 1. The Morgan fingerprint density at radius 1 is 1.30 bits per heavy atom. The van der Waals surface area contributed by atoms with Gasteiger partial charge in [-0.1, -0.05) is 29.0 Å². The predicted octanol–water partition coefficient (Wildman–Crippen LogP) is 4.79. The Hall–Kier alpha value is -2.90. The first-order valence-electron chi connectivity index (χ1n) is 8.04. The number of anilines is 1. The zero-order valence-corrected chi connectivity index (χ0v) is 15.8. The van der Waals surface area contributed by atoms with Gasteiger partial charge in [-0.25, -0.2) is 4.98 Å². The molecule has 3 aromatic heterocycles. The minimum absolute atomic E-state index is 0.233. The average molecular weight is 400 g/mol. The van der Waals surface area contributed by atoms with E-state index in [-0.39, 0.29) is 11.7 Å². The van der Waals surface area contributed by atoms with E-state index < -0.39 is 0 Å². The van der Waals surface area contributed by atoms with Crippen LogP contribution in [0.2, 0.25) is 5.02 Å². The van der Waals surface area contributed by atoms with Gasteiger partial charge in [-0.2, -0.15) is 0 Å². The molecule has 0 aliphatic rings. The molecule has 0 fully saturated rings. The maximum absolute atomic E-state index is 13.0. The van der Waals surface area contributed by atoms with Crippen molar-refractivity contribution in [1.29, 1.82) is 0 Å². The quantitative estimate of drug-likeness (QED) is 0.482. The van der Waals surface area contributed by atoms with Gasteiger partial charge in [0.15, 0.2) is 10.9 Å². The van der Waals surface area contributed by atoms with Crippen LogP contribution in [-0.2, 0) is 6.54 Å². The molecule has 3 heterocycles. The van der Waals surface area contributed by atoms with Gasteiger partial charge in [-0.15, -0.1) is 0 Å². The summed E-state index contributed by atoms with van der Waals surface area (Å²) in [6.45, 7) is 0.299. The molecule has 0 unspecified atom stereocenters. The van der Waals surface area contributed by atoms with Crippen LogP contribution in [0.4, 0.5) is 5.13 Å². The largest absolute Gasteiger partial charge is 0.494 e. The van der Waals surface area contributed by atoms with E-state index in [9.17, 15) is 4.79 Å². The number of aromatic nitrogens is 2. The SMILES string of the molecule is COc1ccc(Cl)c2sc(N(Cc3cccnc3)C(=O)c3ccco3)nc12. The molecule has 0 radical (unpaired) electrons. The lowest BCUT2D eigenvalue weighted by molar-refractivity contribution is 0.0958. The van der Waals surface area contributed by atoms with Crippen molar-refractivity contribution in [3.8, 4) is 5.75 Å². The van der Waals surface area contributed by atoms with Gasteiger partial charge in [0, 0.05) is 12.4 Å². The third-order valence-corrected chi connectivity index (χ3v) is 5.48. The third-order valence-electron chi connectivity index (χ3n) is 3.94. The van der Waals surface area contributed by atoms with Crippen LogP contribution < -0.4 is 9.64 Å². The molecule has 4 aromatic rings. The number of nitrogens with zero attached hydrogens (tertiary/aromatic N) is 3. The monoisotopic (exact) mass is 399 g/mol. The molecule has 0 bridgehead atoms. The molecule has 0 aliphatic heterocycles. The van der Waals surface area contributed by atoms with Gasteiger partial charge < -0.3 is 9.15 Å². The number of fused-ring (bicyclic) bond motifs is 1. The van der Waals surface area contributed by atoms with Gasteiger partial charge in [0.05, 0.1) is 29.6 Å². The van der Waals surface area contributed by atoms with Gasteiger partial charge in [-0.05, 0) is 35.9 Å². The molecule has 8 heteroatoms. The van der Waals surface area contributed by atoms with Crippen LogP contribution in [-0.4, -0.2) is 23.0 Å². The molecule has 0 N–H and O–H groups in total. The summed E-state index contributed by atoms with van der Waals surface area (Å²) in [6, 6.07) is 10.5. The molecular weight excluding hydrogens is 386 g/mol. The number of ether oxygens (including phenoxy) is 1.